The third kappa shape index (κ3) is 3.65. The molecule has 3 unspecified atom stereocenters. The minimum atomic E-state index is -0.680. The Balaban J connectivity index is 1.80. The maximum atomic E-state index is 12.3. The van der Waals surface area contributed by atoms with Gasteiger partial charge in [0.1, 0.15) is 31.6 Å². The normalized spacial score (nSPS) is 22.4. The summed E-state index contributed by atoms with van der Waals surface area (Å²) in [6.45, 7) is 1.21. The van der Waals surface area contributed by atoms with Crippen molar-refractivity contribution in [2.45, 2.75) is 31.7 Å². The van der Waals surface area contributed by atoms with E-state index in [9.17, 15) is 9.59 Å². The first-order valence-corrected chi connectivity index (χ1v) is 7.35. The van der Waals surface area contributed by atoms with Crippen LogP contribution < -0.4 is 5.69 Å². The third-order valence-corrected chi connectivity index (χ3v) is 3.63. The van der Waals surface area contributed by atoms with Crippen molar-refractivity contribution in [3.8, 4) is 5.82 Å². The van der Waals surface area contributed by atoms with Gasteiger partial charge in [-0.2, -0.15) is 10.1 Å². The predicted molar refractivity (Wildman–Crippen MR) is 81.5 cm³/mol. The molecule has 2 aromatic rings. The fraction of sp³-hybridized carbons (Fsp3) is 0.462. The van der Waals surface area contributed by atoms with Crippen molar-refractivity contribution < 1.29 is 14.3 Å². The van der Waals surface area contributed by atoms with Crippen LogP contribution in [0.3, 0.4) is 0 Å². The van der Waals surface area contributed by atoms with Crippen LogP contribution in [0.15, 0.2) is 34.8 Å². The molecule has 0 spiro atoms. The molecule has 0 radical (unpaired) electrons. The molecule has 0 amide bonds. The molecule has 12 nitrogen and oxygen atoms in total. The lowest BCUT2D eigenvalue weighted by atomic mass is 10.1. The molecule has 0 saturated carbocycles. The summed E-state index contributed by atoms with van der Waals surface area (Å²) in [7, 11) is 0. The predicted octanol–water partition coefficient (Wildman–Crippen LogP) is 0.353. The van der Waals surface area contributed by atoms with E-state index in [-0.39, 0.29) is 13.0 Å². The van der Waals surface area contributed by atoms with Crippen LogP contribution in [0, 0.1) is 0 Å². The number of hydrogen-bond donors (Lipinski definition) is 0. The Kier molecular flexibility index (Phi) is 4.73. The lowest BCUT2D eigenvalue weighted by molar-refractivity contribution is -0.146. The van der Waals surface area contributed by atoms with Crippen LogP contribution in [0.1, 0.15) is 19.6 Å². The van der Waals surface area contributed by atoms with Gasteiger partial charge in [-0.3, -0.25) is 9.36 Å². The Bertz CT molecular complexity index is 857. The van der Waals surface area contributed by atoms with Crippen molar-refractivity contribution >= 4 is 5.97 Å². The Morgan fingerprint density at radius 3 is 3.08 bits per heavy atom. The summed E-state index contributed by atoms with van der Waals surface area (Å²) in [5.41, 5.74) is 8.12. The Morgan fingerprint density at radius 1 is 1.60 bits per heavy atom. The molecule has 1 aliphatic heterocycles. The van der Waals surface area contributed by atoms with E-state index >= 15 is 0 Å². The molecule has 3 heterocycles. The number of carbonyl (C=O) groups excluding carboxylic acids is 1. The smallest absolute Gasteiger partial charge is 0.351 e. The molecule has 0 bridgehead atoms. The Labute approximate surface area is 140 Å². The van der Waals surface area contributed by atoms with Gasteiger partial charge in [-0.05, 0) is 11.6 Å². The topological polar surface area (TPSA) is 150 Å². The summed E-state index contributed by atoms with van der Waals surface area (Å²) in [6, 6.07) is 1.03. The van der Waals surface area contributed by atoms with E-state index in [0.717, 1.165) is 0 Å². The van der Waals surface area contributed by atoms with Crippen molar-refractivity contribution in [2.75, 3.05) is 6.61 Å². The number of ether oxygens (including phenoxy) is 2. The van der Waals surface area contributed by atoms with Crippen LogP contribution in [0.5, 0.6) is 0 Å². The SMILES string of the molecule is CC(=O)OCC1OC(n2ccc(-n3cncn3)nc2=O)CC1N=[N+]=[N-]. The number of carbonyl (C=O) groups is 1. The van der Waals surface area contributed by atoms with Gasteiger partial charge in [-0.15, -0.1) is 0 Å². The van der Waals surface area contributed by atoms with E-state index in [1.807, 2.05) is 0 Å². The van der Waals surface area contributed by atoms with E-state index in [1.54, 1.807) is 6.07 Å². The summed E-state index contributed by atoms with van der Waals surface area (Å²) in [5, 5.41) is 7.56. The standard InChI is InChI=1S/C13H14N8O4/c1-8(22)24-5-10-9(18-19-14)4-12(25-10)20-3-2-11(17-13(20)23)21-7-15-6-16-21/h2-3,6-7,9-10,12H,4-5H2,1H3. The maximum absolute atomic E-state index is 12.3. The maximum Gasteiger partial charge on any atom is 0.351 e. The second kappa shape index (κ2) is 7.11. The van der Waals surface area contributed by atoms with Gasteiger partial charge < -0.3 is 9.47 Å². The lowest BCUT2D eigenvalue weighted by Gasteiger charge is -2.16. The Hall–Kier alpha value is -3.24. The Morgan fingerprint density at radius 2 is 2.44 bits per heavy atom. The van der Waals surface area contributed by atoms with E-state index < -0.39 is 30.0 Å². The van der Waals surface area contributed by atoms with E-state index in [4.69, 9.17) is 15.0 Å². The van der Waals surface area contributed by atoms with Crippen molar-refractivity contribution in [2.24, 2.45) is 5.11 Å². The number of aromatic nitrogens is 5. The zero-order valence-corrected chi connectivity index (χ0v) is 13.2. The molecule has 0 N–H and O–H groups in total. The highest BCUT2D eigenvalue weighted by Crippen LogP contribution is 2.30. The molecule has 1 saturated heterocycles. The zero-order valence-electron chi connectivity index (χ0n) is 13.2. The third-order valence-electron chi connectivity index (χ3n) is 3.63. The summed E-state index contributed by atoms with van der Waals surface area (Å²) in [5.74, 6) is -0.150. The first kappa shape index (κ1) is 16.6. The molecule has 25 heavy (non-hydrogen) atoms. The number of azide groups is 1. The number of hydrogen-bond acceptors (Lipinski definition) is 8. The molecule has 3 rings (SSSR count). The molecule has 130 valence electrons. The molecule has 1 aliphatic rings. The van der Waals surface area contributed by atoms with Gasteiger partial charge in [0.2, 0.25) is 0 Å². The fourth-order valence-corrected chi connectivity index (χ4v) is 2.50. The van der Waals surface area contributed by atoms with Crippen LogP contribution in [0.25, 0.3) is 16.3 Å². The molecular weight excluding hydrogens is 332 g/mol. The highest BCUT2D eigenvalue weighted by Gasteiger charge is 2.37. The van der Waals surface area contributed by atoms with Crippen LogP contribution in [-0.4, -0.2) is 49.0 Å². The number of nitrogens with zero attached hydrogens (tertiary/aromatic N) is 8. The van der Waals surface area contributed by atoms with Gasteiger partial charge in [-0.25, -0.2) is 14.5 Å². The van der Waals surface area contributed by atoms with Crippen LogP contribution >= 0.6 is 0 Å². The lowest BCUT2D eigenvalue weighted by Crippen LogP contribution is -2.29. The summed E-state index contributed by atoms with van der Waals surface area (Å²) in [4.78, 5) is 33.7. The minimum Gasteiger partial charge on any atom is -0.463 e. The van der Waals surface area contributed by atoms with Gasteiger partial charge in [-0.1, -0.05) is 5.11 Å². The minimum absolute atomic E-state index is 0.0608. The summed E-state index contributed by atoms with van der Waals surface area (Å²) in [6.07, 6.45) is 3.22. The van der Waals surface area contributed by atoms with Crippen molar-refractivity contribution in [1.29, 1.82) is 0 Å². The van der Waals surface area contributed by atoms with Gasteiger partial charge in [0.05, 0.1) is 6.04 Å². The molecule has 3 atom stereocenters. The van der Waals surface area contributed by atoms with Crippen LogP contribution in [0.2, 0.25) is 0 Å². The highest BCUT2D eigenvalue weighted by molar-refractivity contribution is 5.65. The van der Waals surface area contributed by atoms with Crippen molar-refractivity contribution in [3.05, 3.63) is 45.8 Å². The molecule has 12 heteroatoms. The van der Waals surface area contributed by atoms with E-state index in [2.05, 4.69) is 25.1 Å². The van der Waals surface area contributed by atoms with Crippen molar-refractivity contribution in [3.63, 3.8) is 0 Å². The second-order valence-corrected chi connectivity index (χ2v) is 5.26. The van der Waals surface area contributed by atoms with Crippen LogP contribution in [0.4, 0.5) is 0 Å². The molecular formula is C13H14N8O4. The largest absolute Gasteiger partial charge is 0.463 e. The zero-order chi connectivity index (χ0) is 17.8. The average molecular weight is 346 g/mol. The van der Waals surface area contributed by atoms with Gasteiger partial charge >= 0.3 is 11.7 Å². The highest BCUT2D eigenvalue weighted by atomic mass is 16.6. The fourth-order valence-electron chi connectivity index (χ4n) is 2.50. The average Bonchev–Trinajstić information content (AvgIpc) is 3.23. The molecule has 0 aliphatic carbocycles. The van der Waals surface area contributed by atoms with Crippen molar-refractivity contribution in [1.82, 2.24) is 24.3 Å². The summed E-state index contributed by atoms with van der Waals surface area (Å²) < 4.78 is 13.3. The van der Waals surface area contributed by atoms with Gasteiger partial charge in [0, 0.05) is 24.5 Å². The second-order valence-electron chi connectivity index (χ2n) is 5.26. The molecule has 0 aromatic carbocycles. The first-order chi connectivity index (χ1) is 12.1. The van der Waals surface area contributed by atoms with Gasteiger partial charge in [0.25, 0.3) is 0 Å². The first-order valence-electron chi connectivity index (χ1n) is 7.35. The summed E-state index contributed by atoms with van der Waals surface area (Å²) >= 11 is 0. The van der Waals surface area contributed by atoms with Gasteiger partial charge in [0.15, 0.2) is 5.82 Å². The quantitative estimate of drug-likeness (QED) is 0.328. The molecule has 1 fully saturated rings. The van der Waals surface area contributed by atoms with E-state index in [0.29, 0.717) is 5.82 Å². The molecule has 2 aromatic heterocycles. The van der Waals surface area contributed by atoms with E-state index in [1.165, 1.54) is 35.0 Å². The van der Waals surface area contributed by atoms with Crippen LogP contribution in [-0.2, 0) is 14.3 Å². The number of rotatable bonds is 5. The number of esters is 1. The monoisotopic (exact) mass is 346 g/mol.